The van der Waals surface area contributed by atoms with Gasteiger partial charge in [-0.25, -0.2) is 0 Å². The molecule has 3 rings (SSSR count). The van der Waals surface area contributed by atoms with Gasteiger partial charge in [0.1, 0.15) is 11.5 Å². The lowest BCUT2D eigenvalue weighted by Crippen LogP contribution is -2.31. The number of carbonyl (C=O) groups is 2. The van der Waals surface area contributed by atoms with Crippen molar-refractivity contribution < 1.29 is 24.2 Å². The molecule has 1 fully saturated rings. The van der Waals surface area contributed by atoms with Crippen molar-refractivity contribution in [1.29, 1.82) is 0 Å². The molecule has 0 aliphatic carbocycles. The number of pyridine rings is 1. The van der Waals surface area contributed by atoms with Crippen LogP contribution in [-0.4, -0.2) is 53.5 Å². The van der Waals surface area contributed by atoms with Gasteiger partial charge in [0.25, 0.3) is 11.7 Å². The summed E-state index contributed by atoms with van der Waals surface area (Å²) in [7, 11) is 1.59. The van der Waals surface area contributed by atoms with Gasteiger partial charge < -0.3 is 19.5 Å². The highest BCUT2D eigenvalue weighted by atomic mass is 16.5. The van der Waals surface area contributed by atoms with Gasteiger partial charge >= 0.3 is 0 Å². The van der Waals surface area contributed by atoms with Crippen molar-refractivity contribution >= 4 is 17.4 Å². The maximum Gasteiger partial charge on any atom is 0.295 e. The molecule has 1 saturated heterocycles. The number of unbranched alkanes of at least 4 members (excludes halogenated alkanes) is 1. The van der Waals surface area contributed by atoms with E-state index in [1.54, 1.807) is 55.9 Å². The first-order valence-electron chi connectivity index (χ1n) is 10.5. The van der Waals surface area contributed by atoms with Crippen molar-refractivity contribution in [1.82, 2.24) is 9.88 Å². The van der Waals surface area contributed by atoms with Crippen LogP contribution >= 0.6 is 0 Å². The Morgan fingerprint density at radius 1 is 1.13 bits per heavy atom. The summed E-state index contributed by atoms with van der Waals surface area (Å²) >= 11 is 0. The van der Waals surface area contributed by atoms with E-state index in [9.17, 15) is 14.7 Å². The van der Waals surface area contributed by atoms with E-state index in [2.05, 4.69) is 11.9 Å². The maximum absolute atomic E-state index is 12.9. The van der Waals surface area contributed by atoms with Crippen LogP contribution in [0.2, 0.25) is 0 Å². The van der Waals surface area contributed by atoms with E-state index >= 15 is 0 Å². The first-order chi connectivity index (χ1) is 15.1. The molecule has 1 aliphatic heterocycles. The molecule has 1 aromatic heterocycles. The second-order valence-electron chi connectivity index (χ2n) is 7.35. The monoisotopic (exact) mass is 424 g/mol. The van der Waals surface area contributed by atoms with Crippen LogP contribution in [0.15, 0.2) is 54.4 Å². The van der Waals surface area contributed by atoms with Crippen LogP contribution in [0.5, 0.6) is 5.75 Å². The number of ketones is 1. The fourth-order valence-electron chi connectivity index (χ4n) is 3.57. The van der Waals surface area contributed by atoms with E-state index in [1.807, 2.05) is 0 Å². The van der Waals surface area contributed by atoms with Gasteiger partial charge in [0, 0.05) is 38.2 Å². The number of hydrogen-bond acceptors (Lipinski definition) is 6. The van der Waals surface area contributed by atoms with E-state index in [4.69, 9.17) is 9.47 Å². The Labute approximate surface area is 182 Å². The third kappa shape index (κ3) is 5.11. The molecule has 7 heteroatoms. The second-order valence-corrected chi connectivity index (χ2v) is 7.35. The van der Waals surface area contributed by atoms with E-state index < -0.39 is 17.7 Å². The summed E-state index contributed by atoms with van der Waals surface area (Å²) in [5.41, 5.74) is 1.18. The van der Waals surface area contributed by atoms with Crippen LogP contribution in [0.1, 0.15) is 43.4 Å². The molecule has 0 saturated carbocycles. The average molecular weight is 424 g/mol. The number of carbonyl (C=O) groups excluding carboxylic acids is 2. The summed E-state index contributed by atoms with van der Waals surface area (Å²) < 4.78 is 10.7. The van der Waals surface area contributed by atoms with E-state index in [1.165, 1.54) is 4.90 Å². The Hall–Kier alpha value is -3.19. The minimum atomic E-state index is -0.703. The third-order valence-electron chi connectivity index (χ3n) is 5.18. The number of amides is 1. The first kappa shape index (κ1) is 22.5. The number of likely N-dealkylation sites (tertiary alicyclic amines) is 1. The molecule has 0 radical (unpaired) electrons. The van der Waals surface area contributed by atoms with E-state index in [0.29, 0.717) is 43.1 Å². The fourth-order valence-corrected chi connectivity index (χ4v) is 3.57. The molecule has 31 heavy (non-hydrogen) atoms. The number of hydrogen-bond donors (Lipinski definition) is 1. The van der Waals surface area contributed by atoms with Crippen LogP contribution in [0.4, 0.5) is 0 Å². The predicted octanol–water partition coefficient (Wildman–Crippen LogP) is 3.72. The van der Waals surface area contributed by atoms with Gasteiger partial charge in [-0.15, -0.1) is 0 Å². The lowest BCUT2D eigenvalue weighted by molar-refractivity contribution is -0.140. The summed E-state index contributed by atoms with van der Waals surface area (Å²) in [4.78, 5) is 31.3. The highest BCUT2D eigenvalue weighted by Crippen LogP contribution is 2.39. The zero-order valence-corrected chi connectivity index (χ0v) is 17.9. The van der Waals surface area contributed by atoms with Gasteiger partial charge in [0.15, 0.2) is 0 Å². The average Bonchev–Trinajstić information content (AvgIpc) is 3.05. The normalized spacial score (nSPS) is 17.9. The molecule has 7 nitrogen and oxygen atoms in total. The minimum Gasteiger partial charge on any atom is -0.507 e. The van der Waals surface area contributed by atoms with Gasteiger partial charge in [-0.3, -0.25) is 14.6 Å². The Morgan fingerprint density at radius 3 is 2.55 bits per heavy atom. The van der Waals surface area contributed by atoms with Gasteiger partial charge in [0.05, 0.1) is 18.2 Å². The number of aromatic nitrogens is 1. The SMILES string of the molecule is CCCCOc1ccc(C(O)=C2C(=O)C(=O)N(CCCOC)C2c2cccnc2)cc1. The summed E-state index contributed by atoms with van der Waals surface area (Å²) in [5.74, 6) is -0.853. The Bertz CT molecular complexity index is 925. The molecule has 1 atom stereocenters. The predicted molar refractivity (Wildman–Crippen MR) is 117 cm³/mol. The van der Waals surface area contributed by atoms with Crippen LogP contribution in [0, 0.1) is 0 Å². The van der Waals surface area contributed by atoms with Gasteiger partial charge in [-0.1, -0.05) is 19.4 Å². The molecule has 0 spiro atoms. The number of ether oxygens (including phenoxy) is 2. The molecule has 1 amide bonds. The molecule has 164 valence electrons. The maximum atomic E-state index is 12.9. The molecular formula is C24H28N2O5. The molecule has 1 aliphatic rings. The number of methoxy groups -OCH3 is 1. The number of aliphatic hydroxyl groups excluding tert-OH is 1. The lowest BCUT2D eigenvalue weighted by Gasteiger charge is -2.25. The third-order valence-corrected chi connectivity index (χ3v) is 5.18. The number of Topliss-reactive ketones (excluding diaryl/α,β-unsaturated/α-hetero) is 1. The van der Waals surface area contributed by atoms with Crippen molar-refractivity contribution in [2.24, 2.45) is 0 Å². The topological polar surface area (TPSA) is 89.0 Å². The molecule has 1 N–H and O–H groups in total. The number of benzene rings is 1. The van der Waals surface area contributed by atoms with Crippen molar-refractivity contribution in [2.45, 2.75) is 32.2 Å². The fraction of sp³-hybridized carbons (Fsp3) is 0.375. The minimum absolute atomic E-state index is 0.0649. The molecule has 1 aromatic carbocycles. The largest absolute Gasteiger partial charge is 0.507 e. The summed E-state index contributed by atoms with van der Waals surface area (Å²) in [6.07, 6.45) is 5.80. The Morgan fingerprint density at radius 2 is 1.90 bits per heavy atom. The van der Waals surface area contributed by atoms with Crippen LogP contribution < -0.4 is 4.74 Å². The first-order valence-corrected chi connectivity index (χ1v) is 10.5. The van der Waals surface area contributed by atoms with Crippen molar-refractivity contribution in [3.63, 3.8) is 0 Å². The molecule has 2 aromatic rings. The van der Waals surface area contributed by atoms with Gasteiger partial charge in [0.2, 0.25) is 0 Å². The standard InChI is InChI=1S/C24H28N2O5/c1-3-4-15-31-19-10-8-17(9-11-19)22(27)20-21(18-7-5-12-25-16-18)26(13-6-14-30-2)24(29)23(20)28/h5,7-12,16,21,27H,3-4,6,13-15H2,1-2H3. The van der Waals surface area contributed by atoms with Gasteiger partial charge in [-0.05, 0) is 48.7 Å². The quantitative estimate of drug-likeness (QED) is 0.271. The lowest BCUT2D eigenvalue weighted by atomic mass is 9.96. The summed E-state index contributed by atoms with van der Waals surface area (Å²) in [6.45, 7) is 3.50. The smallest absolute Gasteiger partial charge is 0.295 e. The summed E-state index contributed by atoms with van der Waals surface area (Å²) in [5, 5.41) is 11.0. The number of aliphatic hydroxyl groups is 1. The molecule has 1 unspecified atom stereocenters. The number of nitrogens with zero attached hydrogens (tertiary/aromatic N) is 2. The van der Waals surface area contributed by atoms with Gasteiger partial charge in [-0.2, -0.15) is 0 Å². The molecule has 2 heterocycles. The van der Waals surface area contributed by atoms with E-state index in [-0.39, 0.29) is 11.3 Å². The van der Waals surface area contributed by atoms with Crippen molar-refractivity contribution in [2.75, 3.05) is 26.9 Å². The number of rotatable bonds is 10. The highest BCUT2D eigenvalue weighted by Gasteiger charge is 2.45. The van der Waals surface area contributed by atoms with Crippen LogP contribution in [-0.2, 0) is 14.3 Å². The van der Waals surface area contributed by atoms with Crippen molar-refractivity contribution in [3.05, 3.63) is 65.5 Å². The van der Waals surface area contributed by atoms with Crippen LogP contribution in [0.25, 0.3) is 5.76 Å². The Kier molecular flexibility index (Phi) is 7.78. The zero-order valence-electron chi connectivity index (χ0n) is 17.9. The second kappa shape index (κ2) is 10.7. The van der Waals surface area contributed by atoms with Crippen LogP contribution in [0.3, 0.4) is 0 Å². The summed E-state index contributed by atoms with van der Waals surface area (Å²) in [6, 6.07) is 9.71. The highest BCUT2D eigenvalue weighted by molar-refractivity contribution is 6.46. The van der Waals surface area contributed by atoms with Crippen molar-refractivity contribution in [3.8, 4) is 5.75 Å². The molecule has 0 bridgehead atoms. The molecular weight excluding hydrogens is 396 g/mol. The van der Waals surface area contributed by atoms with E-state index in [0.717, 1.165) is 12.8 Å². The zero-order chi connectivity index (χ0) is 22.2. The Balaban J connectivity index is 1.96.